The van der Waals surface area contributed by atoms with Gasteiger partial charge in [-0.15, -0.1) is 11.8 Å². The fraction of sp³-hybridized carbons (Fsp3) is 0.188. The molecule has 1 aliphatic heterocycles. The maximum atomic E-state index is 13.3. The topological polar surface area (TPSA) is 23.2 Å². The van der Waals surface area contributed by atoms with Crippen molar-refractivity contribution >= 4 is 23.3 Å². The Morgan fingerprint density at radius 3 is 2.57 bits per heavy atom. The van der Waals surface area contributed by atoms with E-state index < -0.39 is 11.6 Å². The molecular formula is C16H14F2NOS+. The highest BCUT2D eigenvalue weighted by molar-refractivity contribution is 7.99. The van der Waals surface area contributed by atoms with Crippen LogP contribution in [0, 0.1) is 11.6 Å². The number of rotatable bonds is 2. The molecule has 5 heteroatoms. The maximum Gasteiger partial charge on any atom is 0.340 e. The van der Waals surface area contributed by atoms with Crippen LogP contribution in [0.25, 0.3) is 0 Å². The number of halogens is 2. The molecule has 0 saturated carbocycles. The molecule has 0 amide bonds. The van der Waals surface area contributed by atoms with Crippen molar-refractivity contribution in [1.82, 2.24) is 0 Å². The van der Waals surface area contributed by atoms with Gasteiger partial charge in [0, 0.05) is 23.4 Å². The molecule has 0 bridgehead atoms. The van der Waals surface area contributed by atoms with Crippen LogP contribution in [0.4, 0.5) is 14.5 Å². The van der Waals surface area contributed by atoms with Gasteiger partial charge in [-0.3, -0.25) is 0 Å². The molecule has 1 aliphatic rings. The predicted molar refractivity (Wildman–Crippen MR) is 79.4 cm³/mol. The normalized spacial score (nSPS) is 14.8. The molecule has 1 heterocycles. The number of benzene rings is 2. The van der Waals surface area contributed by atoms with Gasteiger partial charge in [0.05, 0.1) is 11.3 Å². The second-order valence-corrected chi connectivity index (χ2v) is 5.98. The molecule has 1 N–H and O–H groups in total. The zero-order valence-electron chi connectivity index (χ0n) is 11.2. The van der Waals surface area contributed by atoms with E-state index >= 15 is 0 Å². The van der Waals surface area contributed by atoms with Gasteiger partial charge in [-0.05, 0) is 18.2 Å². The average Bonchev–Trinajstić information content (AvgIpc) is 2.58. The van der Waals surface area contributed by atoms with Crippen LogP contribution in [0.3, 0.4) is 0 Å². The van der Waals surface area contributed by atoms with Crippen LogP contribution in [0.2, 0.25) is 0 Å². The van der Waals surface area contributed by atoms with Gasteiger partial charge in [-0.1, -0.05) is 12.1 Å². The van der Waals surface area contributed by atoms with Crippen LogP contribution in [0.1, 0.15) is 12.0 Å². The minimum Gasteiger partial charge on any atom is -0.463 e. The van der Waals surface area contributed by atoms with E-state index in [9.17, 15) is 13.9 Å². The molecule has 0 aliphatic carbocycles. The number of aliphatic hydroxyl groups excluding tert-OH is 1. The number of hydrogen-bond donors (Lipinski definition) is 1. The number of thioether (sulfide) groups is 1. The molecule has 3 rings (SSSR count). The molecule has 2 aromatic carbocycles. The second kappa shape index (κ2) is 5.85. The van der Waals surface area contributed by atoms with Gasteiger partial charge >= 0.3 is 5.90 Å². The van der Waals surface area contributed by atoms with Gasteiger partial charge in [0.15, 0.2) is 6.54 Å². The van der Waals surface area contributed by atoms with Crippen molar-refractivity contribution in [3.63, 3.8) is 0 Å². The molecule has 2 aromatic rings. The smallest absolute Gasteiger partial charge is 0.340 e. The third-order valence-electron chi connectivity index (χ3n) is 3.31. The molecule has 0 fully saturated rings. The first-order chi connectivity index (χ1) is 10.1. The summed E-state index contributed by atoms with van der Waals surface area (Å²) in [4.78, 5) is 1.05. The lowest BCUT2D eigenvalue weighted by atomic mass is 10.2. The standard InChI is InChI=1S/C16H13F2NOS/c17-12-7-11(8-13(18)9-12)10-19-14-3-1-2-4-15(14)21-6-5-16(19)20/h1-4,7-9H,5-6,10H2/p+1. The molecule has 0 aromatic heterocycles. The van der Waals surface area contributed by atoms with E-state index in [0.717, 1.165) is 22.4 Å². The molecule has 0 unspecified atom stereocenters. The first-order valence-corrected chi connectivity index (χ1v) is 7.61. The first-order valence-electron chi connectivity index (χ1n) is 6.62. The highest BCUT2D eigenvalue weighted by Crippen LogP contribution is 2.33. The van der Waals surface area contributed by atoms with E-state index in [1.54, 1.807) is 16.3 Å². The minimum absolute atomic E-state index is 0.220. The van der Waals surface area contributed by atoms with E-state index in [-0.39, 0.29) is 12.4 Å². The van der Waals surface area contributed by atoms with Crippen molar-refractivity contribution in [2.45, 2.75) is 17.9 Å². The summed E-state index contributed by atoms with van der Waals surface area (Å²) in [6.45, 7) is 0.234. The van der Waals surface area contributed by atoms with E-state index in [1.807, 2.05) is 24.3 Å². The highest BCUT2D eigenvalue weighted by atomic mass is 32.2. The third-order valence-corrected chi connectivity index (χ3v) is 4.38. The molecule has 0 atom stereocenters. The molecular weight excluding hydrogens is 292 g/mol. The summed E-state index contributed by atoms with van der Waals surface area (Å²) in [5.41, 5.74) is 1.35. The van der Waals surface area contributed by atoms with Gasteiger partial charge in [0.25, 0.3) is 0 Å². The monoisotopic (exact) mass is 306 g/mol. The first kappa shape index (κ1) is 14.1. The lowest BCUT2D eigenvalue weighted by Crippen LogP contribution is -2.16. The predicted octanol–water partition coefficient (Wildman–Crippen LogP) is 4.26. The number of aliphatic hydroxyl groups is 1. The van der Waals surface area contributed by atoms with E-state index in [4.69, 9.17) is 0 Å². The van der Waals surface area contributed by atoms with Crippen LogP contribution in [0.5, 0.6) is 0 Å². The summed E-state index contributed by atoms with van der Waals surface area (Å²) in [6, 6.07) is 11.1. The molecule has 0 saturated heterocycles. The average molecular weight is 306 g/mol. The van der Waals surface area contributed by atoms with Gasteiger partial charge in [0.1, 0.15) is 11.6 Å². The summed E-state index contributed by atoms with van der Waals surface area (Å²) < 4.78 is 28.4. The van der Waals surface area contributed by atoms with Crippen LogP contribution >= 0.6 is 11.8 Å². The summed E-state index contributed by atoms with van der Waals surface area (Å²) in [6.07, 6.45) is 0.525. The zero-order chi connectivity index (χ0) is 14.8. The van der Waals surface area contributed by atoms with Crippen molar-refractivity contribution in [2.24, 2.45) is 0 Å². The SMILES string of the molecule is OC1=[N+](Cc2cc(F)cc(F)c2)c2ccccc2SCC1. The summed E-state index contributed by atoms with van der Waals surface area (Å²) in [5.74, 6) is -0.224. The van der Waals surface area contributed by atoms with Crippen LogP contribution in [-0.4, -0.2) is 21.3 Å². The van der Waals surface area contributed by atoms with Crippen molar-refractivity contribution in [3.05, 3.63) is 59.7 Å². The Morgan fingerprint density at radius 2 is 1.81 bits per heavy atom. The second-order valence-electron chi connectivity index (χ2n) is 4.85. The maximum absolute atomic E-state index is 13.3. The largest absolute Gasteiger partial charge is 0.463 e. The molecule has 0 radical (unpaired) electrons. The minimum atomic E-state index is -0.609. The Hall–Kier alpha value is -1.88. The number of hydrogen-bond acceptors (Lipinski definition) is 1. The number of para-hydroxylation sites is 1. The molecule has 108 valence electrons. The van der Waals surface area contributed by atoms with Gasteiger partial charge in [-0.2, -0.15) is 4.58 Å². The van der Waals surface area contributed by atoms with E-state index in [0.29, 0.717) is 12.0 Å². The lowest BCUT2D eigenvalue weighted by Gasteiger charge is -2.06. The quantitative estimate of drug-likeness (QED) is 0.838. The Balaban J connectivity index is 2.03. The number of fused-ring (bicyclic) bond motifs is 1. The van der Waals surface area contributed by atoms with Crippen molar-refractivity contribution in [2.75, 3.05) is 5.75 Å². The molecule has 2 nitrogen and oxygen atoms in total. The lowest BCUT2D eigenvalue weighted by molar-refractivity contribution is -0.470. The van der Waals surface area contributed by atoms with E-state index in [1.165, 1.54) is 12.1 Å². The van der Waals surface area contributed by atoms with E-state index in [2.05, 4.69) is 0 Å². The Morgan fingerprint density at radius 1 is 1.10 bits per heavy atom. The van der Waals surface area contributed by atoms with Crippen LogP contribution < -0.4 is 0 Å². The Labute approximate surface area is 125 Å². The van der Waals surface area contributed by atoms with Crippen molar-refractivity contribution in [3.8, 4) is 0 Å². The van der Waals surface area contributed by atoms with Crippen molar-refractivity contribution < 1.29 is 18.5 Å². The summed E-state index contributed by atoms with van der Waals surface area (Å²) in [5, 5.41) is 10.2. The van der Waals surface area contributed by atoms with Gasteiger partial charge in [-0.25, -0.2) is 8.78 Å². The van der Waals surface area contributed by atoms with Gasteiger partial charge < -0.3 is 5.11 Å². The third kappa shape index (κ3) is 3.08. The highest BCUT2D eigenvalue weighted by Gasteiger charge is 2.24. The summed E-state index contributed by atoms with van der Waals surface area (Å²) >= 11 is 1.66. The molecule has 0 spiro atoms. The zero-order valence-corrected chi connectivity index (χ0v) is 12.0. The molecule has 21 heavy (non-hydrogen) atoms. The Kier molecular flexibility index (Phi) is 3.92. The van der Waals surface area contributed by atoms with Crippen LogP contribution in [0.15, 0.2) is 47.4 Å². The van der Waals surface area contributed by atoms with Gasteiger partial charge in [0.2, 0.25) is 5.69 Å². The Bertz CT molecular complexity index is 695. The fourth-order valence-corrected chi connectivity index (χ4v) is 3.40. The fourth-order valence-electron chi connectivity index (χ4n) is 2.39. The van der Waals surface area contributed by atoms with Crippen molar-refractivity contribution in [1.29, 1.82) is 0 Å². The summed E-state index contributed by atoms with van der Waals surface area (Å²) in [7, 11) is 0. The van der Waals surface area contributed by atoms with Crippen LogP contribution in [-0.2, 0) is 6.54 Å². The number of nitrogens with zero attached hydrogens (tertiary/aromatic N) is 1.